The van der Waals surface area contributed by atoms with Gasteiger partial charge in [-0.05, 0) is 35.9 Å². The minimum Gasteiger partial charge on any atom is -0.447 e. The number of nitrogens with zero attached hydrogens (tertiary/aromatic N) is 2. The molecule has 0 aliphatic heterocycles. The average Bonchev–Trinajstić information content (AvgIpc) is 2.82. The van der Waals surface area contributed by atoms with Crippen LogP contribution in [0.1, 0.15) is 18.4 Å². The smallest absolute Gasteiger partial charge is 0.412 e. The highest BCUT2D eigenvalue weighted by Gasteiger charge is 2.21. The third kappa shape index (κ3) is 6.35. The summed E-state index contributed by atoms with van der Waals surface area (Å²) in [5, 5.41) is 4.45. The molecule has 172 valence electrons. The van der Waals surface area contributed by atoms with Gasteiger partial charge in [-0.15, -0.1) is 6.58 Å². The first kappa shape index (κ1) is 23.8. The number of hydrogen-bond acceptors (Lipinski definition) is 4. The summed E-state index contributed by atoms with van der Waals surface area (Å²) in [6, 6.07) is 12.8. The van der Waals surface area contributed by atoms with Gasteiger partial charge in [0.05, 0.1) is 6.04 Å². The topological polar surface area (TPSA) is 71.5 Å². The maximum Gasteiger partial charge on any atom is 0.412 e. The second-order valence-corrected chi connectivity index (χ2v) is 7.54. The van der Waals surface area contributed by atoms with Crippen molar-refractivity contribution in [1.82, 2.24) is 9.88 Å². The number of anilines is 1. The summed E-state index contributed by atoms with van der Waals surface area (Å²) < 4.78 is 32.5. The van der Waals surface area contributed by atoms with Gasteiger partial charge in [0.15, 0.2) is 11.6 Å². The third-order valence-electron chi connectivity index (χ3n) is 5.29. The average molecular weight is 453 g/mol. The molecule has 0 aliphatic rings. The minimum atomic E-state index is -0.946. The van der Waals surface area contributed by atoms with Crippen molar-refractivity contribution in [3.63, 3.8) is 0 Å². The highest BCUT2D eigenvalue weighted by molar-refractivity contribution is 5.89. The Kier molecular flexibility index (Phi) is 8.07. The first-order chi connectivity index (χ1) is 15.9. The van der Waals surface area contributed by atoms with Gasteiger partial charge in [0.25, 0.3) is 0 Å². The van der Waals surface area contributed by atoms with E-state index in [1.54, 1.807) is 25.4 Å². The molecule has 0 fully saturated rings. The molecular weight excluding hydrogens is 428 g/mol. The molecule has 1 heterocycles. The van der Waals surface area contributed by atoms with Crippen molar-refractivity contribution in [1.29, 1.82) is 0 Å². The van der Waals surface area contributed by atoms with Gasteiger partial charge in [0.2, 0.25) is 5.91 Å². The molecule has 0 saturated carbocycles. The summed E-state index contributed by atoms with van der Waals surface area (Å²) in [6.45, 7) is 3.62. The van der Waals surface area contributed by atoms with E-state index in [2.05, 4.69) is 16.9 Å². The van der Waals surface area contributed by atoms with Crippen LogP contribution in [0.25, 0.3) is 10.8 Å². The van der Waals surface area contributed by atoms with Crippen LogP contribution in [0.15, 0.2) is 67.4 Å². The number of carbonyl (C=O) groups excluding carboxylic acids is 2. The van der Waals surface area contributed by atoms with Crippen molar-refractivity contribution < 1.29 is 23.1 Å². The fourth-order valence-corrected chi connectivity index (χ4v) is 3.36. The normalized spacial score (nSPS) is 11.6. The zero-order valence-electron chi connectivity index (χ0n) is 18.3. The molecule has 3 rings (SSSR count). The van der Waals surface area contributed by atoms with Gasteiger partial charge in [0, 0.05) is 25.1 Å². The highest BCUT2D eigenvalue weighted by atomic mass is 19.2. The summed E-state index contributed by atoms with van der Waals surface area (Å²) >= 11 is 0. The molecular formula is C25H25F2N3O3. The van der Waals surface area contributed by atoms with Gasteiger partial charge in [0.1, 0.15) is 12.4 Å². The quantitative estimate of drug-likeness (QED) is 0.458. The van der Waals surface area contributed by atoms with Gasteiger partial charge >= 0.3 is 6.09 Å². The number of aromatic nitrogens is 1. The number of amides is 2. The number of likely N-dealkylation sites (N-methyl/N-ethyl adjacent to an activating group) is 1. The number of fused-ring (bicyclic) bond motifs is 1. The second-order valence-electron chi connectivity index (χ2n) is 7.54. The van der Waals surface area contributed by atoms with Crippen LogP contribution in [-0.4, -0.2) is 41.6 Å². The van der Waals surface area contributed by atoms with E-state index in [9.17, 15) is 18.4 Å². The lowest BCUT2D eigenvalue weighted by Gasteiger charge is -2.27. The number of benzene rings is 2. The number of aryl methyl sites for hydroxylation is 1. The molecule has 2 aromatic carbocycles. The SMILES string of the molecule is C=CC[C@@H](COC(=O)Nc1cc2ccccc2cn1)N(C)C(=O)CCc1cccc(F)c1F. The second kappa shape index (κ2) is 11.2. The molecule has 0 radical (unpaired) electrons. The fraction of sp³-hybridized carbons (Fsp3) is 0.240. The van der Waals surface area contributed by atoms with Gasteiger partial charge < -0.3 is 9.64 Å². The van der Waals surface area contributed by atoms with Crippen LogP contribution in [-0.2, 0) is 16.0 Å². The molecule has 1 N–H and O–H groups in total. The molecule has 0 bridgehead atoms. The minimum absolute atomic E-state index is 0.0161. The van der Waals surface area contributed by atoms with Crippen LogP contribution in [0.4, 0.5) is 19.4 Å². The Hall–Kier alpha value is -3.81. The predicted octanol–water partition coefficient (Wildman–Crippen LogP) is 5.10. The van der Waals surface area contributed by atoms with Crippen molar-refractivity contribution in [3.8, 4) is 0 Å². The van der Waals surface area contributed by atoms with Gasteiger partial charge in [-0.25, -0.2) is 18.6 Å². The van der Waals surface area contributed by atoms with Gasteiger partial charge in [-0.2, -0.15) is 0 Å². The number of nitrogens with one attached hydrogen (secondary N) is 1. The van der Waals surface area contributed by atoms with E-state index in [0.29, 0.717) is 12.2 Å². The third-order valence-corrected chi connectivity index (χ3v) is 5.29. The van der Waals surface area contributed by atoms with Crippen molar-refractivity contribution in [2.45, 2.75) is 25.3 Å². The Morgan fingerprint density at radius 3 is 2.70 bits per heavy atom. The van der Waals surface area contributed by atoms with Gasteiger partial charge in [-0.3, -0.25) is 10.1 Å². The Morgan fingerprint density at radius 1 is 1.18 bits per heavy atom. The summed E-state index contributed by atoms with van der Waals surface area (Å²) in [7, 11) is 1.57. The largest absolute Gasteiger partial charge is 0.447 e. The molecule has 6 nitrogen and oxygen atoms in total. The summed E-state index contributed by atoms with van der Waals surface area (Å²) in [4.78, 5) is 30.5. The molecule has 3 aromatic rings. The summed E-state index contributed by atoms with van der Waals surface area (Å²) in [6.07, 6.45) is 3.00. The van der Waals surface area contributed by atoms with Crippen LogP contribution in [0, 0.1) is 11.6 Å². The summed E-state index contributed by atoms with van der Waals surface area (Å²) in [5.41, 5.74) is 0.135. The van der Waals surface area contributed by atoms with Crippen molar-refractivity contribution in [3.05, 3.63) is 84.6 Å². The lowest BCUT2D eigenvalue weighted by atomic mass is 10.1. The monoisotopic (exact) mass is 453 g/mol. The van der Waals surface area contributed by atoms with Crippen molar-refractivity contribution >= 4 is 28.6 Å². The summed E-state index contributed by atoms with van der Waals surface area (Å²) in [5.74, 6) is -1.83. The van der Waals surface area contributed by atoms with Crippen molar-refractivity contribution in [2.24, 2.45) is 0 Å². The zero-order valence-corrected chi connectivity index (χ0v) is 18.3. The lowest BCUT2D eigenvalue weighted by Crippen LogP contribution is -2.40. The number of halogens is 2. The van der Waals surface area contributed by atoms with Crippen LogP contribution in [0.5, 0.6) is 0 Å². The fourth-order valence-electron chi connectivity index (χ4n) is 3.36. The molecule has 0 saturated heterocycles. The first-order valence-electron chi connectivity index (χ1n) is 10.5. The first-order valence-corrected chi connectivity index (χ1v) is 10.5. The van der Waals surface area contributed by atoms with E-state index < -0.39 is 23.8 Å². The predicted molar refractivity (Wildman–Crippen MR) is 123 cm³/mol. The van der Waals surface area contributed by atoms with Crippen LogP contribution in [0.2, 0.25) is 0 Å². The van der Waals surface area contributed by atoms with Crippen LogP contribution < -0.4 is 5.32 Å². The maximum absolute atomic E-state index is 13.8. The molecule has 2 amide bonds. The zero-order chi connectivity index (χ0) is 23.8. The Bertz CT molecular complexity index is 1150. The van der Waals surface area contributed by atoms with Crippen LogP contribution in [0.3, 0.4) is 0 Å². The standard InChI is InChI=1S/C25H25F2N3O3/c1-3-7-20(30(2)23(31)13-12-17-10-6-11-21(26)24(17)27)16-33-25(32)29-22-14-18-8-4-5-9-19(18)15-28-22/h3-6,8-11,14-15,20H,1,7,12-13,16H2,2H3,(H,28,29,32)/t20-/m0/s1. The van der Waals surface area contributed by atoms with E-state index >= 15 is 0 Å². The molecule has 1 atom stereocenters. The van der Waals surface area contributed by atoms with E-state index in [0.717, 1.165) is 16.8 Å². The number of carbonyl (C=O) groups is 2. The van der Waals surface area contributed by atoms with E-state index in [-0.39, 0.29) is 30.9 Å². The molecule has 8 heteroatoms. The van der Waals surface area contributed by atoms with Crippen LogP contribution >= 0.6 is 0 Å². The molecule has 0 aliphatic carbocycles. The number of ether oxygens (including phenoxy) is 1. The lowest BCUT2D eigenvalue weighted by molar-refractivity contribution is -0.132. The Balaban J connectivity index is 1.54. The Morgan fingerprint density at radius 2 is 1.94 bits per heavy atom. The molecule has 0 spiro atoms. The molecule has 33 heavy (non-hydrogen) atoms. The van der Waals surface area contributed by atoms with E-state index in [1.807, 2.05) is 24.3 Å². The molecule has 0 unspecified atom stereocenters. The number of hydrogen-bond donors (Lipinski definition) is 1. The Labute approximate surface area is 190 Å². The highest BCUT2D eigenvalue weighted by Crippen LogP contribution is 2.17. The maximum atomic E-state index is 13.8. The number of pyridine rings is 1. The van der Waals surface area contributed by atoms with Gasteiger partial charge in [-0.1, -0.05) is 42.5 Å². The number of rotatable bonds is 9. The van der Waals surface area contributed by atoms with E-state index in [1.165, 1.54) is 17.0 Å². The van der Waals surface area contributed by atoms with E-state index in [4.69, 9.17) is 4.74 Å². The van der Waals surface area contributed by atoms with Crippen molar-refractivity contribution in [2.75, 3.05) is 19.0 Å². The molecule has 1 aromatic heterocycles.